The number of anilines is 2. The number of hydrogen-bond donors (Lipinski definition) is 2. The Kier molecular flexibility index (Phi) is 5.45. The quantitative estimate of drug-likeness (QED) is 0.647. The summed E-state index contributed by atoms with van der Waals surface area (Å²) in [5, 5.41) is 8.99. The van der Waals surface area contributed by atoms with Gasteiger partial charge in [-0.25, -0.2) is 4.79 Å². The number of carbonyl (C=O) groups is 3. The van der Waals surface area contributed by atoms with Gasteiger partial charge in [-0.3, -0.25) is 9.59 Å². The van der Waals surface area contributed by atoms with E-state index in [9.17, 15) is 14.4 Å². The largest absolute Gasteiger partial charge is 0.465 e. The number of rotatable bonds is 5. The molecule has 0 saturated carbocycles. The number of hydrogen-bond acceptors (Lipinski definition) is 6. The van der Waals surface area contributed by atoms with Gasteiger partial charge in [0.25, 0.3) is 11.8 Å². The number of amides is 2. The molecule has 2 amide bonds. The van der Waals surface area contributed by atoms with Crippen molar-refractivity contribution in [3.05, 3.63) is 68.5 Å². The van der Waals surface area contributed by atoms with Crippen LogP contribution < -0.4 is 10.6 Å². The van der Waals surface area contributed by atoms with Gasteiger partial charge in [0, 0.05) is 11.3 Å². The number of methoxy groups -OCH3 is 1. The molecule has 26 heavy (non-hydrogen) atoms. The van der Waals surface area contributed by atoms with E-state index in [-0.39, 0.29) is 11.8 Å². The zero-order chi connectivity index (χ0) is 18.5. The molecular weight excluding hydrogens is 372 g/mol. The first kappa shape index (κ1) is 17.8. The lowest BCUT2D eigenvalue weighted by Gasteiger charge is -2.07. The van der Waals surface area contributed by atoms with Crippen molar-refractivity contribution in [3.8, 4) is 0 Å². The monoisotopic (exact) mass is 386 g/mol. The zero-order valence-electron chi connectivity index (χ0n) is 13.6. The molecule has 0 atom stereocenters. The van der Waals surface area contributed by atoms with Crippen LogP contribution in [-0.4, -0.2) is 24.9 Å². The minimum absolute atomic E-state index is 0.196. The van der Waals surface area contributed by atoms with Crippen LogP contribution in [0, 0.1) is 0 Å². The van der Waals surface area contributed by atoms with Crippen molar-refractivity contribution in [1.29, 1.82) is 0 Å². The minimum Gasteiger partial charge on any atom is -0.465 e. The summed E-state index contributed by atoms with van der Waals surface area (Å²) in [5.41, 5.74) is 1.40. The molecule has 0 unspecified atom stereocenters. The van der Waals surface area contributed by atoms with Gasteiger partial charge in [-0.05, 0) is 47.2 Å². The Hall–Kier alpha value is -2.97. The Bertz CT molecular complexity index is 931. The van der Waals surface area contributed by atoms with Crippen molar-refractivity contribution in [1.82, 2.24) is 0 Å². The highest BCUT2D eigenvalue weighted by molar-refractivity contribution is 7.12. The summed E-state index contributed by atoms with van der Waals surface area (Å²) in [7, 11) is 1.29. The number of benzene rings is 1. The van der Waals surface area contributed by atoms with Crippen LogP contribution in [0.2, 0.25) is 0 Å². The van der Waals surface area contributed by atoms with Crippen LogP contribution in [0.1, 0.15) is 29.7 Å². The molecule has 3 aromatic rings. The predicted octanol–water partition coefficient (Wildman–Crippen LogP) is 4.10. The topological polar surface area (TPSA) is 84.5 Å². The second-order valence-electron chi connectivity index (χ2n) is 5.12. The Labute approximate surface area is 157 Å². The van der Waals surface area contributed by atoms with Gasteiger partial charge >= 0.3 is 5.97 Å². The van der Waals surface area contributed by atoms with E-state index in [0.717, 1.165) is 0 Å². The number of esters is 1. The van der Waals surface area contributed by atoms with Crippen LogP contribution in [0.3, 0.4) is 0 Å². The second kappa shape index (κ2) is 7.94. The fourth-order valence-electron chi connectivity index (χ4n) is 2.16. The van der Waals surface area contributed by atoms with Gasteiger partial charge in [0.15, 0.2) is 0 Å². The molecule has 2 N–H and O–H groups in total. The molecule has 6 nitrogen and oxygen atoms in total. The van der Waals surface area contributed by atoms with Crippen molar-refractivity contribution in [2.75, 3.05) is 17.7 Å². The van der Waals surface area contributed by atoms with E-state index in [1.807, 2.05) is 5.38 Å². The third-order valence-electron chi connectivity index (χ3n) is 3.43. The maximum Gasteiger partial charge on any atom is 0.350 e. The molecular formula is C18H14N2O4S2. The fourth-order valence-corrected chi connectivity index (χ4v) is 3.54. The normalized spacial score (nSPS) is 10.2. The highest BCUT2D eigenvalue weighted by atomic mass is 32.1. The highest BCUT2D eigenvalue weighted by Crippen LogP contribution is 2.24. The van der Waals surface area contributed by atoms with Crippen LogP contribution in [0.15, 0.2) is 53.2 Å². The number of ether oxygens (including phenoxy) is 1. The van der Waals surface area contributed by atoms with Gasteiger partial charge in [-0.2, -0.15) is 0 Å². The first-order valence-corrected chi connectivity index (χ1v) is 9.26. The van der Waals surface area contributed by atoms with Crippen molar-refractivity contribution in [2.45, 2.75) is 0 Å². The third-order valence-corrected chi connectivity index (χ3v) is 5.20. The SMILES string of the molecule is COC(=O)c1sccc1NC(=O)c1ccc(NC(=O)c2cccs2)cc1. The number of carbonyl (C=O) groups excluding carboxylic acids is 3. The lowest BCUT2D eigenvalue weighted by Crippen LogP contribution is -2.14. The summed E-state index contributed by atoms with van der Waals surface area (Å²) in [6, 6.07) is 11.7. The second-order valence-corrected chi connectivity index (χ2v) is 6.98. The van der Waals surface area contributed by atoms with E-state index >= 15 is 0 Å². The molecule has 0 bridgehead atoms. The molecule has 1 aromatic carbocycles. The molecule has 2 heterocycles. The van der Waals surface area contributed by atoms with E-state index in [4.69, 9.17) is 0 Å². The minimum atomic E-state index is -0.498. The molecule has 0 spiro atoms. The van der Waals surface area contributed by atoms with E-state index in [1.165, 1.54) is 29.8 Å². The molecule has 8 heteroatoms. The molecule has 0 aliphatic rings. The van der Waals surface area contributed by atoms with Gasteiger partial charge in [0.1, 0.15) is 4.88 Å². The van der Waals surface area contributed by atoms with Crippen molar-refractivity contribution in [2.24, 2.45) is 0 Å². The van der Waals surface area contributed by atoms with Crippen LogP contribution in [0.25, 0.3) is 0 Å². The zero-order valence-corrected chi connectivity index (χ0v) is 15.3. The first-order chi connectivity index (χ1) is 12.6. The predicted molar refractivity (Wildman–Crippen MR) is 102 cm³/mol. The molecule has 0 radical (unpaired) electrons. The highest BCUT2D eigenvalue weighted by Gasteiger charge is 2.16. The number of nitrogens with one attached hydrogen (secondary N) is 2. The van der Waals surface area contributed by atoms with Crippen LogP contribution >= 0.6 is 22.7 Å². The summed E-state index contributed by atoms with van der Waals surface area (Å²) < 4.78 is 4.69. The summed E-state index contributed by atoms with van der Waals surface area (Å²) >= 11 is 2.54. The van der Waals surface area contributed by atoms with E-state index in [1.54, 1.807) is 47.8 Å². The Morgan fingerprint density at radius 3 is 2.31 bits per heavy atom. The molecule has 3 rings (SSSR count). The van der Waals surface area contributed by atoms with Crippen LogP contribution in [0.5, 0.6) is 0 Å². The molecule has 2 aromatic heterocycles. The van der Waals surface area contributed by atoms with E-state index in [2.05, 4.69) is 15.4 Å². The van der Waals surface area contributed by atoms with Crippen LogP contribution in [-0.2, 0) is 4.74 Å². The molecule has 0 fully saturated rings. The Morgan fingerprint density at radius 2 is 1.65 bits per heavy atom. The molecule has 0 saturated heterocycles. The van der Waals surface area contributed by atoms with Gasteiger partial charge in [0.2, 0.25) is 0 Å². The lowest BCUT2D eigenvalue weighted by atomic mass is 10.2. The smallest absolute Gasteiger partial charge is 0.350 e. The molecule has 0 aliphatic carbocycles. The van der Waals surface area contributed by atoms with Gasteiger partial charge in [0.05, 0.1) is 17.7 Å². The molecule has 132 valence electrons. The van der Waals surface area contributed by atoms with Gasteiger partial charge < -0.3 is 15.4 Å². The van der Waals surface area contributed by atoms with Gasteiger partial charge in [-0.1, -0.05) is 6.07 Å². The standard InChI is InChI=1S/C18H14N2O4S2/c1-24-18(23)15-13(8-10-26-15)20-16(21)11-4-6-12(7-5-11)19-17(22)14-3-2-9-25-14/h2-10H,1H3,(H,19,22)(H,20,21). The van der Waals surface area contributed by atoms with Gasteiger partial charge in [-0.15, -0.1) is 22.7 Å². The maximum absolute atomic E-state index is 12.4. The third kappa shape index (κ3) is 3.98. The maximum atomic E-state index is 12.4. The van der Waals surface area contributed by atoms with E-state index in [0.29, 0.717) is 26.7 Å². The Balaban J connectivity index is 1.67. The first-order valence-electron chi connectivity index (χ1n) is 7.50. The summed E-state index contributed by atoms with van der Waals surface area (Å²) in [4.78, 5) is 37.0. The number of thiophene rings is 2. The summed E-state index contributed by atoms with van der Waals surface area (Å²) in [6.45, 7) is 0. The van der Waals surface area contributed by atoms with Crippen molar-refractivity contribution in [3.63, 3.8) is 0 Å². The lowest BCUT2D eigenvalue weighted by molar-refractivity contribution is 0.0607. The van der Waals surface area contributed by atoms with Crippen molar-refractivity contribution < 1.29 is 19.1 Å². The average Bonchev–Trinajstić information content (AvgIpc) is 3.33. The van der Waals surface area contributed by atoms with E-state index < -0.39 is 5.97 Å². The fraction of sp³-hybridized carbons (Fsp3) is 0.0556. The van der Waals surface area contributed by atoms with Crippen LogP contribution in [0.4, 0.5) is 11.4 Å². The summed E-state index contributed by atoms with van der Waals surface area (Å²) in [6.07, 6.45) is 0. The average molecular weight is 386 g/mol. The molecule has 0 aliphatic heterocycles. The Morgan fingerprint density at radius 1 is 0.885 bits per heavy atom. The van der Waals surface area contributed by atoms with Crippen molar-refractivity contribution >= 4 is 51.8 Å². The summed E-state index contributed by atoms with van der Waals surface area (Å²) in [5.74, 6) is -1.05.